The van der Waals surface area contributed by atoms with Gasteiger partial charge in [-0.2, -0.15) is 11.8 Å². The van der Waals surface area contributed by atoms with Crippen LogP contribution in [0.4, 0.5) is 0 Å². The highest BCUT2D eigenvalue weighted by molar-refractivity contribution is 7.99. The van der Waals surface area contributed by atoms with Gasteiger partial charge in [0.05, 0.1) is 0 Å². The van der Waals surface area contributed by atoms with Crippen molar-refractivity contribution in [1.29, 1.82) is 0 Å². The largest absolute Gasteiger partial charge is 0.356 e. The third-order valence-electron chi connectivity index (χ3n) is 1.39. The van der Waals surface area contributed by atoms with Crippen molar-refractivity contribution >= 4 is 17.7 Å². The Labute approximate surface area is 79.5 Å². The molecule has 0 bridgehead atoms. The first-order chi connectivity index (χ1) is 5.66. The molecule has 0 unspecified atom stereocenters. The first-order valence-corrected chi connectivity index (χ1v) is 5.66. The third kappa shape index (κ3) is 7.92. The van der Waals surface area contributed by atoms with Crippen LogP contribution in [0.25, 0.3) is 0 Å². The first-order valence-electron chi connectivity index (χ1n) is 4.51. The number of carbonyl (C=O) groups excluding carboxylic acids is 1. The zero-order valence-electron chi connectivity index (χ0n) is 8.22. The van der Waals surface area contributed by atoms with Gasteiger partial charge in [-0.15, -0.1) is 0 Å². The second-order valence-electron chi connectivity index (χ2n) is 3.14. The third-order valence-corrected chi connectivity index (χ3v) is 2.29. The molecule has 1 N–H and O–H groups in total. The van der Waals surface area contributed by atoms with Gasteiger partial charge in [0, 0.05) is 18.7 Å². The summed E-state index contributed by atoms with van der Waals surface area (Å²) < 4.78 is 0. The van der Waals surface area contributed by atoms with Gasteiger partial charge >= 0.3 is 0 Å². The average molecular weight is 189 g/mol. The Morgan fingerprint density at radius 3 is 2.67 bits per heavy atom. The fraction of sp³-hybridized carbons (Fsp3) is 0.889. The molecule has 12 heavy (non-hydrogen) atoms. The van der Waals surface area contributed by atoms with Crippen molar-refractivity contribution in [2.75, 3.05) is 18.1 Å². The van der Waals surface area contributed by atoms with Gasteiger partial charge < -0.3 is 5.32 Å². The number of thioether (sulfide) groups is 1. The van der Waals surface area contributed by atoms with Crippen LogP contribution in [0.2, 0.25) is 0 Å². The molecule has 72 valence electrons. The standard InChI is InChI=1S/C9H19NOS/c1-4-12-6-5-9(11)10-7-8(2)3/h8H,4-7H2,1-3H3,(H,10,11). The predicted octanol–water partition coefficient (Wildman–Crippen LogP) is 1.90. The summed E-state index contributed by atoms with van der Waals surface area (Å²) in [7, 11) is 0. The second kappa shape index (κ2) is 7.47. The smallest absolute Gasteiger partial charge is 0.220 e. The quantitative estimate of drug-likeness (QED) is 0.647. The average Bonchev–Trinajstić information content (AvgIpc) is 2.01. The molecule has 0 radical (unpaired) electrons. The van der Waals surface area contributed by atoms with Gasteiger partial charge in [-0.25, -0.2) is 0 Å². The van der Waals surface area contributed by atoms with Crippen LogP contribution in [0.15, 0.2) is 0 Å². The molecule has 0 aliphatic carbocycles. The Kier molecular flexibility index (Phi) is 7.36. The normalized spacial score (nSPS) is 10.3. The summed E-state index contributed by atoms with van der Waals surface area (Å²) in [6, 6.07) is 0. The lowest BCUT2D eigenvalue weighted by molar-refractivity contribution is -0.120. The molecule has 0 spiro atoms. The van der Waals surface area contributed by atoms with E-state index in [0.29, 0.717) is 12.3 Å². The van der Waals surface area contributed by atoms with Gasteiger partial charge in [0.25, 0.3) is 0 Å². The molecule has 0 aliphatic heterocycles. The van der Waals surface area contributed by atoms with Crippen LogP contribution >= 0.6 is 11.8 Å². The lowest BCUT2D eigenvalue weighted by Gasteiger charge is -2.06. The summed E-state index contributed by atoms with van der Waals surface area (Å²) in [5.41, 5.74) is 0. The minimum absolute atomic E-state index is 0.185. The van der Waals surface area contributed by atoms with Crippen molar-refractivity contribution in [3.63, 3.8) is 0 Å². The van der Waals surface area contributed by atoms with E-state index in [-0.39, 0.29) is 5.91 Å². The SMILES string of the molecule is CCSCCC(=O)NCC(C)C. The second-order valence-corrected chi connectivity index (χ2v) is 4.54. The summed E-state index contributed by atoms with van der Waals surface area (Å²) in [6.45, 7) is 7.11. The maximum Gasteiger partial charge on any atom is 0.220 e. The molecular formula is C9H19NOS. The van der Waals surface area contributed by atoms with Crippen molar-refractivity contribution in [3.05, 3.63) is 0 Å². The minimum Gasteiger partial charge on any atom is -0.356 e. The van der Waals surface area contributed by atoms with E-state index in [0.717, 1.165) is 18.1 Å². The highest BCUT2D eigenvalue weighted by atomic mass is 32.2. The van der Waals surface area contributed by atoms with E-state index in [1.165, 1.54) is 0 Å². The van der Waals surface area contributed by atoms with E-state index in [2.05, 4.69) is 26.1 Å². The van der Waals surface area contributed by atoms with E-state index in [1.807, 2.05) is 11.8 Å². The molecule has 0 heterocycles. The number of amides is 1. The highest BCUT2D eigenvalue weighted by Crippen LogP contribution is 2.00. The zero-order valence-corrected chi connectivity index (χ0v) is 9.04. The summed E-state index contributed by atoms with van der Waals surface area (Å²) in [5.74, 6) is 2.77. The van der Waals surface area contributed by atoms with Crippen LogP contribution in [-0.2, 0) is 4.79 Å². The van der Waals surface area contributed by atoms with Gasteiger partial charge in [0.15, 0.2) is 0 Å². The predicted molar refractivity (Wildman–Crippen MR) is 55.5 cm³/mol. The van der Waals surface area contributed by atoms with Gasteiger partial charge in [-0.3, -0.25) is 4.79 Å². The molecule has 2 nitrogen and oxygen atoms in total. The lowest BCUT2D eigenvalue weighted by Crippen LogP contribution is -2.27. The maximum absolute atomic E-state index is 11.1. The molecule has 0 aromatic rings. The first kappa shape index (κ1) is 11.8. The number of hydrogen-bond acceptors (Lipinski definition) is 2. The van der Waals surface area contributed by atoms with Gasteiger partial charge in [0.2, 0.25) is 5.91 Å². The molecule has 0 aromatic carbocycles. The Hall–Kier alpha value is -0.180. The van der Waals surface area contributed by atoms with Crippen LogP contribution in [0.5, 0.6) is 0 Å². The van der Waals surface area contributed by atoms with E-state index < -0.39 is 0 Å². The van der Waals surface area contributed by atoms with Crippen molar-refractivity contribution in [2.24, 2.45) is 5.92 Å². The summed E-state index contributed by atoms with van der Waals surface area (Å²) >= 11 is 1.81. The molecule has 0 aromatic heterocycles. The molecular weight excluding hydrogens is 170 g/mol. The van der Waals surface area contributed by atoms with Crippen LogP contribution in [0.3, 0.4) is 0 Å². The molecule has 0 fully saturated rings. The zero-order chi connectivity index (χ0) is 9.40. The number of carbonyl (C=O) groups is 1. The molecule has 0 atom stereocenters. The molecule has 0 aliphatic rings. The molecule has 1 amide bonds. The van der Waals surface area contributed by atoms with Crippen molar-refractivity contribution in [1.82, 2.24) is 5.32 Å². The Morgan fingerprint density at radius 1 is 1.50 bits per heavy atom. The topological polar surface area (TPSA) is 29.1 Å². The molecule has 0 rings (SSSR count). The van der Waals surface area contributed by atoms with Gasteiger partial charge in [-0.1, -0.05) is 20.8 Å². The van der Waals surface area contributed by atoms with Crippen molar-refractivity contribution in [3.8, 4) is 0 Å². The monoisotopic (exact) mass is 189 g/mol. The van der Waals surface area contributed by atoms with Crippen molar-refractivity contribution < 1.29 is 4.79 Å². The van der Waals surface area contributed by atoms with Crippen LogP contribution < -0.4 is 5.32 Å². The van der Waals surface area contributed by atoms with Crippen LogP contribution in [0.1, 0.15) is 27.2 Å². The van der Waals surface area contributed by atoms with E-state index >= 15 is 0 Å². The number of nitrogens with one attached hydrogen (secondary N) is 1. The maximum atomic E-state index is 11.1. The molecule has 3 heteroatoms. The number of rotatable bonds is 6. The fourth-order valence-electron chi connectivity index (χ4n) is 0.716. The lowest BCUT2D eigenvalue weighted by atomic mass is 10.2. The van der Waals surface area contributed by atoms with E-state index in [4.69, 9.17) is 0 Å². The Balaban J connectivity index is 3.22. The van der Waals surface area contributed by atoms with E-state index in [9.17, 15) is 4.79 Å². The molecule has 0 saturated carbocycles. The summed E-state index contributed by atoms with van der Waals surface area (Å²) in [4.78, 5) is 11.1. The Bertz CT molecular complexity index is 126. The summed E-state index contributed by atoms with van der Waals surface area (Å²) in [6.07, 6.45) is 0.658. The fourth-order valence-corrected chi connectivity index (χ4v) is 1.33. The molecule has 0 saturated heterocycles. The van der Waals surface area contributed by atoms with Crippen molar-refractivity contribution in [2.45, 2.75) is 27.2 Å². The van der Waals surface area contributed by atoms with Crippen LogP contribution in [0, 0.1) is 5.92 Å². The van der Waals surface area contributed by atoms with Crippen LogP contribution in [-0.4, -0.2) is 24.0 Å². The van der Waals surface area contributed by atoms with Gasteiger partial charge in [-0.05, 0) is 11.7 Å². The minimum atomic E-state index is 0.185. The summed E-state index contributed by atoms with van der Waals surface area (Å²) in [5, 5.41) is 2.89. The highest BCUT2D eigenvalue weighted by Gasteiger charge is 2.00. The van der Waals surface area contributed by atoms with E-state index in [1.54, 1.807) is 0 Å². The van der Waals surface area contributed by atoms with Gasteiger partial charge in [0.1, 0.15) is 0 Å². The number of hydrogen-bond donors (Lipinski definition) is 1. The Morgan fingerprint density at radius 2 is 2.17 bits per heavy atom.